The third-order valence-electron chi connectivity index (χ3n) is 2.55. The van der Waals surface area contributed by atoms with Gasteiger partial charge in [-0.25, -0.2) is 0 Å². The largest absolute Gasteiger partial charge is 0.302 e. The molecule has 2 N–H and O–H groups in total. The SMILES string of the molecule is CC(C)=C(NNC(=O)c1ccccc1Cl)C(C)C. The number of amides is 1. The van der Waals surface area contributed by atoms with E-state index < -0.39 is 0 Å². The number of carbonyl (C=O) groups is 1. The minimum Gasteiger partial charge on any atom is -0.302 e. The highest BCUT2D eigenvalue weighted by atomic mass is 35.5. The monoisotopic (exact) mass is 266 g/mol. The van der Waals surface area contributed by atoms with Crippen molar-refractivity contribution in [2.24, 2.45) is 5.92 Å². The van der Waals surface area contributed by atoms with Crippen molar-refractivity contribution in [2.75, 3.05) is 0 Å². The van der Waals surface area contributed by atoms with Crippen LogP contribution in [0.25, 0.3) is 0 Å². The molecule has 0 bridgehead atoms. The first-order valence-corrected chi connectivity index (χ1v) is 6.29. The molecule has 98 valence electrons. The maximum atomic E-state index is 11.9. The fourth-order valence-electron chi connectivity index (χ4n) is 1.68. The molecule has 0 aliphatic heterocycles. The summed E-state index contributed by atoms with van der Waals surface area (Å²) in [6.45, 7) is 8.14. The lowest BCUT2D eigenvalue weighted by molar-refractivity contribution is 0.0937. The first-order chi connectivity index (χ1) is 8.43. The second-order valence-corrected chi connectivity index (χ2v) is 5.03. The average Bonchev–Trinajstić information content (AvgIpc) is 2.28. The van der Waals surface area contributed by atoms with E-state index >= 15 is 0 Å². The zero-order valence-corrected chi connectivity index (χ0v) is 11.9. The minimum absolute atomic E-state index is 0.236. The summed E-state index contributed by atoms with van der Waals surface area (Å²) in [5, 5.41) is 0.445. The van der Waals surface area contributed by atoms with Gasteiger partial charge < -0.3 is 5.43 Å². The summed E-state index contributed by atoms with van der Waals surface area (Å²) < 4.78 is 0. The summed E-state index contributed by atoms with van der Waals surface area (Å²) in [4.78, 5) is 11.9. The Labute approximate surface area is 113 Å². The quantitative estimate of drug-likeness (QED) is 0.819. The van der Waals surface area contributed by atoms with Crippen LogP contribution in [-0.2, 0) is 0 Å². The van der Waals surface area contributed by atoms with E-state index in [1.807, 2.05) is 13.8 Å². The van der Waals surface area contributed by atoms with Gasteiger partial charge in [0.2, 0.25) is 0 Å². The van der Waals surface area contributed by atoms with Gasteiger partial charge in [0.1, 0.15) is 0 Å². The van der Waals surface area contributed by atoms with Crippen molar-refractivity contribution in [3.8, 4) is 0 Å². The van der Waals surface area contributed by atoms with Crippen LogP contribution in [0.2, 0.25) is 5.02 Å². The zero-order valence-electron chi connectivity index (χ0n) is 11.2. The predicted octanol–water partition coefficient (Wildman–Crippen LogP) is 3.52. The van der Waals surface area contributed by atoms with Crippen LogP contribution in [0.15, 0.2) is 35.5 Å². The van der Waals surface area contributed by atoms with Crippen molar-refractivity contribution >= 4 is 17.5 Å². The Kier molecular flexibility index (Phi) is 5.23. The standard InChI is InChI=1S/C14H19ClN2O/c1-9(2)13(10(3)4)16-17-14(18)11-7-5-6-8-12(11)15/h5-9,16H,1-4H3,(H,17,18). The molecule has 0 atom stereocenters. The van der Waals surface area contributed by atoms with Gasteiger partial charge in [-0.2, -0.15) is 0 Å². The van der Waals surface area contributed by atoms with Crippen LogP contribution < -0.4 is 10.9 Å². The summed E-state index contributed by atoms with van der Waals surface area (Å²) in [5.74, 6) is 0.0848. The lowest BCUT2D eigenvalue weighted by Gasteiger charge is -2.17. The van der Waals surface area contributed by atoms with E-state index in [9.17, 15) is 4.79 Å². The van der Waals surface area contributed by atoms with Crippen molar-refractivity contribution < 1.29 is 4.79 Å². The molecule has 0 unspecified atom stereocenters. The number of nitrogens with one attached hydrogen (secondary N) is 2. The van der Waals surface area contributed by atoms with E-state index in [-0.39, 0.29) is 5.91 Å². The molecule has 0 aromatic heterocycles. The fraction of sp³-hybridized carbons (Fsp3) is 0.357. The first-order valence-electron chi connectivity index (χ1n) is 5.91. The van der Waals surface area contributed by atoms with Crippen molar-refractivity contribution in [1.82, 2.24) is 10.9 Å². The molecule has 0 heterocycles. The summed E-state index contributed by atoms with van der Waals surface area (Å²) in [7, 11) is 0. The molecule has 0 saturated heterocycles. The van der Waals surface area contributed by atoms with Crippen molar-refractivity contribution in [3.05, 3.63) is 46.1 Å². The summed E-state index contributed by atoms with van der Waals surface area (Å²) in [6.07, 6.45) is 0. The van der Waals surface area contributed by atoms with Crippen LogP contribution in [0, 0.1) is 5.92 Å². The summed E-state index contributed by atoms with van der Waals surface area (Å²) >= 11 is 5.96. The predicted molar refractivity (Wildman–Crippen MR) is 75.3 cm³/mol. The number of hydrogen-bond acceptors (Lipinski definition) is 2. The molecule has 0 radical (unpaired) electrons. The van der Waals surface area contributed by atoms with Crippen molar-refractivity contribution in [1.29, 1.82) is 0 Å². The Balaban J connectivity index is 2.73. The van der Waals surface area contributed by atoms with Gasteiger partial charge >= 0.3 is 0 Å². The van der Waals surface area contributed by atoms with E-state index in [2.05, 4.69) is 24.7 Å². The van der Waals surface area contributed by atoms with Crippen LogP contribution in [0.1, 0.15) is 38.1 Å². The lowest BCUT2D eigenvalue weighted by atomic mass is 10.1. The second kappa shape index (κ2) is 6.45. The smallest absolute Gasteiger partial charge is 0.271 e. The molecule has 0 fully saturated rings. The van der Waals surface area contributed by atoms with Crippen LogP contribution in [0.4, 0.5) is 0 Å². The molecule has 0 spiro atoms. The van der Waals surface area contributed by atoms with Crippen LogP contribution in [0.3, 0.4) is 0 Å². The highest BCUT2D eigenvalue weighted by Crippen LogP contribution is 2.15. The molecule has 1 aromatic rings. The average molecular weight is 267 g/mol. The third kappa shape index (κ3) is 3.77. The highest BCUT2D eigenvalue weighted by molar-refractivity contribution is 6.33. The second-order valence-electron chi connectivity index (χ2n) is 4.63. The molecule has 1 rings (SSSR count). The Morgan fingerprint density at radius 1 is 1.17 bits per heavy atom. The Morgan fingerprint density at radius 2 is 1.78 bits per heavy atom. The topological polar surface area (TPSA) is 41.1 Å². The molecule has 3 nitrogen and oxygen atoms in total. The van der Waals surface area contributed by atoms with Gasteiger partial charge in [-0.3, -0.25) is 10.2 Å². The molecular weight excluding hydrogens is 248 g/mol. The number of halogens is 1. The fourth-order valence-corrected chi connectivity index (χ4v) is 1.91. The molecule has 4 heteroatoms. The number of carbonyl (C=O) groups excluding carboxylic acids is 1. The normalized spacial score (nSPS) is 10.1. The molecule has 18 heavy (non-hydrogen) atoms. The number of hydrogen-bond donors (Lipinski definition) is 2. The maximum absolute atomic E-state index is 11.9. The lowest BCUT2D eigenvalue weighted by Crippen LogP contribution is -2.38. The first kappa shape index (κ1) is 14.6. The van der Waals surface area contributed by atoms with Gasteiger partial charge in [0.05, 0.1) is 10.6 Å². The highest BCUT2D eigenvalue weighted by Gasteiger charge is 2.11. The van der Waals surface area contributed by atoms with Gasteiger partial charge in [-0.05, 0) is 31.9 Å². The van der Waals surface area contributed by atoms with Crippen LogP contribution in [-0.4, -0.2) is 5.91 Å². The molecule has 1 aromatic carbocycles. The Morgan fingerprint density at radius 3 is 2.28 bits per heavy atom. The number of allylic oxidation sites excluding steroid dienone is 2. The van der Waals surface area contributed by atoms with Gasteiger partial charge in [-0.15, -0.1) is 0 Å². The molecule has 0 aliphatic rings. The molecule has 0 saturated carbocycles. The van der Waals surface area contributed by atoms with Crippen LogP contribution in [0.5, 0.6) is 0 Å². The van der Waals surface area contributed by atoms with Gasteiger partial charge in [0.25, 0.3) is 5.91 Å². The number of hydrazine groups is 1. The van der Waals surface area contributed by atoms with E-state index in [4.69, 9.17) is 11.6 Å². The van der Waals surface area contributed by atoms with Gasteiger partial charge in [-0.1, -0.05) is 43.2 Å². The van der Waals surface area contributed by atoms with E-state index in [1.54, 1.807) is 24.3 Å². The van der Waals surface area contributed by atoms with Gasteiger partial charge in [0, 0.05) is 5.70 Å². The number of benzene rings is 1. The zero-order chi connectivity index (χ0) is 13.7. The summed E-state index contributed by atoms with van der Waals surface area (Å²) in [6, 6.07) is 6.96. The maximum Gasteiger partial charge on any atom is 0.271 e. The Bertz CT molecular complexity index is 463. The van der Waals surface area contributed by atoms with Crippen LogP contribution >= 0.6 is 11.6 Å². The van der Waals surface area contributed by atoms with E-state index in [0.717, 1.165) is 11.3 Å². The molecule has 0 aliphatic carbocycles. The number of rotatable bonds is 4. The Hall–Kier alpha value is -1.48. The summed E-state index contributed by atoms with van der Waals surface area (Å²) in [5.41, 5.74) is 8.25. The van der Waals surface area contributed by atoms with Crippen molar-refractivity contribution in [3.63, 3.8) is 0 Å². The van der Waals surface area contributed by atoms with Gasteiger partial charge in [0.15, 0.2) is 0 Å². The minimum atomic E-state index is -0.236. The molecule has 1 amide bonds. The van der Waals surface area contributed by atoms with E-state index in [1.165, 1.54) is 0 Å². The van der Waals surface area contributed by atoms with Crippen molar-refractivity contribution in [2.45, 2.75) is 27.7 Å². The van der Waals surface area contributed by atoms with E-state index in [0.29, 0.717) is 16.5 Å². The third-order valence-corrected chi connectivity index (χ3v) is 2.87. The molecular formula is C14H19ClN2O.